The number of amidine groups is 1. The molecule has 0 aromatic heterocycles. The van der Waals surface area contributed by atoms with E-state index in [1.54, 1.807) is 19.4 Å². The molecule has 0 amide bonds. The summed E-state index contributed by atoms with van der Waals surface area (Å²) in [4.78, 5) is 5.67. The molecular formula is C9H15N3OS. The van der Waals surface area contributed by atoms with Gasteiger partial charge in [-0.25, -0.2) is 0 Å². The molecule has 0 fully saturated rings. The zero-order chi connectivity index (χ0) is 10.8. The Bertz CT molecular complexity index is 235. The maximum absolute atomic E-state index is 8.48. The van der Waals surface area contributed by atoms with E-state index in [-0.39, 0.29) is 0 Å². The molecule has 4 nitrogen and oxygen atoms in total. The van der Waals surface area contributed by atoms with Gasteiger partial charge in [0.2, 0.25) is 6.19 Å². The topological polar surface area (TPSA) is 48.6 Å². The fraction of sp³-hybridized carbons (Fsp3) is 0.556. The Balaban J connectivity index is 4.36. The van der Waals surface area contributed by atoms with Gasteiger partial charge in [0, 0.05) is 20.2 Å². The lowest BCUT2D eigenvalue weighted by atomic mass is 10.5. The molecule has 0 aliphatic carbocycles. The van der Waals surface area contributed by atoms with Crippen LogP contribution in [0, 0.1) is 11.5 Å². The van der Waals surface area contributed by atoms with E-state index in [0.29, 0.717) is 24.9 Å². The van der Waals surface area contributed by atoms with E-state index < -0.39 is 0 Å². The maximum Gasteiger partial charge on any atom is 0.208 e. The van der Waals surface area contributed by atoms with Gasteiger partial charge in [-0.2, -0.15) is 5.26 Å². The monoisotopic (exact) mass is 213 g/mol. The van der Waals surface area contributed by atoms with Crippen molar-refractivity contribution in [2.24, 2.45) is 4.99 Å². The molecule has 0 aliphatic heterocycles. The third kappa shape index (κ3) is 4.90. The van der Waals surface area contributed by atoms with E-state index in [1.807, 2.05) is 11.2 Å². The zero-order valence-corrected chi connectivity index (χ0v) is 9.38. The molecule has 0 aromatic rings. The second-order valence-corrected chi connectivity index (χ2v) is 3.20. The lowest BCUT2D eigenvalue weighted by molar-refractivity contribution is 0.180. The van der Waals surface area contributed by atoms with Crippen molar-refractivity contribution in [1.29, 1.82) is 5.26 Å². The summed E-state index contributed by atoms with van der Waals surface area (Å²) in [6, 6.07) is 0. The number of ether oxygens (including phenoxy) is 1. The predicted octanol–water partition coefficient (Wildman–Crippen LogP) is 1.32. The fourth-order valence-corrected chi connectivity index (χ4v) is 1.47. The van der Waals surface area contributed by atoms with Crippen LogP contribution in [0.4, 0.5) is 0 Å². The average Bonchev–Trinajstić information content (AvgIpc) is 2.21. The SMILES string of the molecule is C=CCN(CCOC)C(=NC#N)SC. The molecule has 0 saturated carbocycles. The van der Waals surface area contributed by atoms with Gasteiger partial charge in [0.1, 0.15) is 0 Å². The summed E-state index contributed by atoms with van der Waals surface area (Å²) in [5, 5.41) is 9.17. The van der Waals surface area contributed by atoms with Crippen LogP contribution in [-0.4, -0.2) is 43.1 Å². The zero-order valence-electron chi connectivity index (χ0n) is 8.56. The number of methoxy groups -OCH3 is 1. The molecule has 0 heterocycles. The van der Waals surface area contributed by atoms with E-state index in [0.717, 1.165) is 0 Å². The average molecular weight is 213 g/mol. The van der Waals surface area contributed by atoms with Crippen LogP contribution in [-0.2, 0) is 4.74 Å². The summed E-state index contributed by atoms with van der Waals surface area (Å²) in [6.45, 7) is 5.65. The van der Waals surface area contributed by atoms with E-state index in [2.05, 4.69) is 11.6 Å². The summed E-state index contributed by atoms with van der Waals surface area (Å²) in [5.41, 5.74) is 0. The van der Waals surface area contributed by atoms with Crippen LogP contribution in [0.15, 0.2) is 17.6 Å². The van der Waals surface area contributed by atoms with Crippen LogP contribution in [0.2, 0.25) is 0 Å². The Morgan fingerprint density at radius 1 is 1.79 bits per heavy atom. The first kappa shape index (κ1) is 13.0. The molecular weight excluding hydrogens is 198 g/mol. The summed E-state index contributed by atoms with van der Waals surface area (Å²) in [6.07, 6.45) is 5.45. The summed E-state index contributed by atoms with van der Waals surface area (Å²) < 4.78 is 4.97. The van der Waals surface area contributed by atoms with Crippen LogP contribution < -0.4 is 0 Å². The highest BCUT2D eigenvalue weighted by molar-refractivity contribution is 8.13. The van der Waals surface area contributed by atoms with Crippen molar-refractivity contribution in [2.75, 3.05) is 33.1 Å². The summed E-state index contributed by atoms with van der Waals surface area (Å²) in [5.74, 6) is 0. The van der Waals surface area contributed by atoms with Gasteiger partial charge in [-0.15, -0.1) is 11.6 Å². The highest BCUT2D eigenvalue weighted by Crippen LogP contribution is 2.05. The third-order valence-electron chi connectivity index (χ3n) is 1.51. The highest BCUT2D eigenvalue weighted by Gasteiger charge is 2.07. The summed E-state index contributed by atoms with van der Waals surface area (Å²) >= 11 is 1.44. The smallest absolute Gasteiger partial charge is 0.208 e. The molecule has 0 unspecified atom stereocenters. The van der Waals surface area contributed by atoms with Gasteiger partial charge in [0.05, 0.1) is 6.61 Å². The van der Waals surface area contributed by atoms with Crippen LogP contribution in [0.1, 0.15) is 0 Å². The molecule has 14 heavy (non-hydrogen) atoms. The number of aliphatic imine (C=N–C) groups is 1. The minimum atomic E-state index is 0.610. The molecule has 0 spiro atoms. The van der Waals surface area contributed by atoms with Gasteiger partial charge in [-0.05, 0) is 6.26 Å². The lowest BCUT2D eigenvalue weighted by Crippen LogP contribution is -2.32. The van der Waals surface area contributed by atoms with E-state index in [9.17, 15) is 0 Å². The highest BCUT2D eigenvalue weighted by atomic mass is 32.2. The van der Waals surface area contributed by atoms with Crippen molar-refractivity contribution >= 4 is 16.9 Å². The molecule has 0 bridgehead atoms. The van der Waals surface area contributed by atoms with Gasteiger partial charge in [0.15, 0.2) is 5.17 Å². The molecule has 0 atom stereocenters. The van der Waals surface area contributed by atoms with Crippen molar-refractivity contribution < 1.29 is 4.74 Å². The molecule has 0 aliphatic rings. The Kier molecular flexibility index (Phi) is 7.99. The van der Waals surface area contributed by atoms with Crippen LogP contribution >= 0.6 is 11.8 Å². The molecule has 0 saturated heterocycles. The Labute approximate surface area is 89.3 Å². The van der Waals surface area contributed by atoms with E-state index >= 15 is 0 Å². The van der Waals surface area contributed by atoms with Crippen molar-refractivity contribution in [1.82, 2.24) is 4.90 Å². The molecule has 0 aromatic carbocycles. The first-order chi connectivity index (χ1) is 6.79. The van der Waals surface area contributed by atoms with Crippen LogP contribution in [0.5, 0.6) is 0 Å². The van der Waals surface area contributed by atoms with Gasteiger partial charge < -0.3 is 9.64 Å². The number of hydrogen-bond acceptors (Lipinski definition) is 4. The van der Waals surface area contributed by atoms with E-state index in [4.69, 9.17) is 10.00 Å². The van der Waals surface area contributed by atoms with Crippen molar-refractivity contribution in [2.45, 2.75) is 0 Å². The Hall–Kier alpha value is -0.990. The minimum absolute atomic E-state index is 0.610. The van der Waals surface area contributed by atoms with Gasteiger partial charge in [-0.1, -0.05) is 17.8 Å². The number of thioether (sulfide) groups is 1. The molecule has 0 rings (SSSR count). The fourth-order valence-electron chi connectivity index (χ4n) is 0.911. The van der Waals surface area contributed by atoms with Gasteiger partial charge in [-0.3, -0.25) is 0 Å². The number of hydrogen-bond donors (Lipinski definition) is 0. The quantitative estimate of drug-likeness (QED) is 0.299. The predicted molar refractivity (Wildman–Crippen MR) is 60.2 cm³/mol. The number of nitrogens with zero attached hydrogens (tertiary/aromatic N) is 3. The van der Waals surface area contributed by atoms with E-state index in [1.165, 1.54) is 11.8 Å². The normalized spacial score (nSPS) is 10.8. The molecule has 0 N–H and O–H groups in total. The van der Waals surface area contributed by atoms with Crippen LogP contribution in [0.25, 0.3) is 0 Å². The summed E-state index contributed by atoms with van der Waals surface area (Å²) in [7, 11) is 1.65. The molecule has 78 valence electrons. The molecule has 0 radical (unpaired) electrons. The standard InChI is InChI=1S/C9H15N3OS/c1-4-5-12(6-7-13-2)9(14-3)11-8-10/h4H,1,5-7H2,2-3H3. The second-order valence-electron chi connectivity index (χ2n) is 2.43. The maximum atomic E-state index is 8.48. The Morgan fingerprint density at radius 2 is 2.50 bits per heavy atom. The van der Waals surface area contributed by atoms with Crippen molar-refractivity contribution in [3.05, 3.63) is 12.7 Å². The number of nitriles is 1. The first-order valence-corrected chi connectivity index (χ1v) is 5.38. The Morgan fingerprint density at radius 3 is 2.93 bits per heavy atom. The van der Waals surface area contributed by atoms with Crippen LogP contribution in [0.3, 0.4) is 0 Å². The van der Waals surface area contributed by atoms with Crippen molar-refractivity contribution in [3.8, 4) is 6.19 Å². The lowest BCUT2D eigenvalue weighted by Gasteiger charge is -2.21. The first-order valence-electron chi connectivity index (χ1n) is 4.15. The van der Waals surface area contributed by atoms with Gasteiger partial charge >= 0.3 is 0 Å². The van der Waals surface area contributed by atoms with Crippen molar-refractivity contribution in [3.63, 3.8) is 0 Å². The minimum Gasteiger partial charge on any atom is -0.383 e. The second kappa shape index (κ2) is 8.60. The molecule has 5 heteroatoms. The number of rotatable bonds is 5. The third-order valence-corrected chi connectivity index (χ3v) is 2.23. The van der Waals surface area contributed by atoms with Gasteiger partial charge in [0.25, 0.3) is 0 Å². The largest absolute Gasteiger partial charge is 0.383 e.